The fourth-order valence-electron chi connectivity index (χ4n) is 6.77. The zero-order valence-electron chi connectivity index (χ0n) is 26.2. The van der Waals surface area contributed by atoms with Gasteiger partial charge in [-0.05, 0) is 94.0 Å². The molecule has 226 valence electrons. The standard InChI is InChI=1S/C44H25N5/c45-26-33-10-4-6-12-36(33)31-14-16-42-40(22-31)41-23-32(37-13-7-5-11-34(37)27-46)15-17-43(41)49(42)44-25-38(30-18-20-48-21-19-30)35(28-47)24-39(44)29-8-2-1-3-9-29/h1-25H. The van der Waals surface area contributed by atoms with Gasteiger partial charge in [0.1, 0.15) is 0 Å². The fraction of sp³-hybridized carbons (Fsp3) is 0. The number of hydrogen-bond donors (Lipinski definition) is 0. The van der Waals surface area contributed by atoms with Gasteiger partial charge in [0, 0.05) is 34.3 Å². The van der Waals surface area contributed by atoms with E-state index in [0.29, 0.717) is 16.7 Å². The first-order valence-corrected chi connectivity index (χ1v) is 15.8. The maximum absolute atomic E-state index is 10.4. The molecule has 5 heteroatoms. The molecule has 0 N–H and O–H groups in total. The first-order valence-electron chi connectivity index (χ1n) is 15.8. The van der Waals surface area contributed by atoms with Crippen LogP contribution < -0.4 is 0 Å². The molecule has 0 bridgehead atoms. The quantitative estimate of drug-likeness (QED) is 0.191. The molecule has 0 unspecified atom stereocenters. The summed E-state index contributed by atoms with van der Waals surface area (Å²) < 4.78 is 2.26. The summed E-state index contributed by atoms with van der Waals surface area (Å²) in [6.45, 7) is 0. The third kappa shape index (κ3) is 4.99. The number of nitriles is 3. The molecule has 0 radical (unpaired) electrons. The Balaban J connectivity index is 1.49. The van der Waals surface area contributed by atoms with E-state index in [0.717, 1.165) is 72.0 Å². The van der Waals surface area contributed by atoms with Gasteiger partial charge in [-0.2, -0.15) is 15.8 Å². The van der Waals surface area contributed by atoms with E-state index in [9.17, 15) is 15.8 Å². The van der Waals surface area contributed by atoms with E-state index < -0.39 is 0 Å². The van der Waals surface area contributed by atoms with Crippen LogP contribution in [-0.4, -0.2) is 9.55 Å². The Labute approximate surface area is 283 Å². The van der Waals surface area contributed by atoms with Crippen molar-refractivity contribution in [1.29, 1.82) is 15.8 Å². The lowest BCUT2D eigenvalue weighted by Gasteiger charge is -2.18. The predicted octanol–water partition coefficient (Wildman–Crippen LogP) is 10.5. The van der Waals surface area contributed by atoms with Crippen LogP contribution in [0.5, 0.6) is 0 Å². The van der Waals surface area contributed by atoms with E-state index >= 15 is 0 Å². The summed E-state index contributed by atoms with van der Waals surface area (Å²) in [7, 11) is 0. The van der Waals surface area contributed by atoms with Crippen molar-refractivity contribution >= 4 is 21.8 Å². The molecule has 0 atom stereocenters. The van der Waals surface area contributed by atoms with Crippen LogP contribution in [0, 0.1) is 34.0 Å². The number of benzene rings is 6. The molecular formula is C44H25N5. The van der Waals surface area contributed by atoms with Gasteiger partial charge >= 0.3 is 0 Å². The molecule has 0 aliphatic rings. The summed E-state index contributed by atoms with van der Waals surface area (Å²) in [6, 6.07) is 53.1. The average Bonchev–Trinajstić information content (AvgIpc) is 3.50. The number of rotatable bonds is 5. The molecule has 5 nitrogen and oxygen atoms in total. The molecule has 6 aromatic carbocycles. The maximum atomic E-state index is 10.4. The Kier molecular flexibility index (Phi) is 7.24. The summed E-state index contributed by atoms with van der Waals surface area (Å²) in [4.78, 5) is 4.21. The highest BCUT2D eigenvalue weighted by molar-refractivity contribution is 6.12. The number of nitrogens with zero attached hydrogens (tertiary/aromatic N) is 5. The van der Waals surface area contributed by atoms with Crippen molar-refractivity contribution < 1.29 is 0 Å². The lowest BCUT2D eigenvalue weighted by atomic mass is 9.94. The maximum Gasteiger partial charge on any atom is 0.0998 e. The molecule has 0 aliphatic carbocycles. The van der Waals surface area contributed by atoms with E-state index in [1.165, 1.54) is 0 Å². The molecule has 0 amide bonds. The van der Waals surface area contributed by atoms with Gasteiger partial charge in [0.05, 0.1) is 51.6 Å². The summed E-state index contributed by atoms with van der Waals surface area (Å²) in [5, 5.41) is 32.2. The van der Waals surface area contributed by atoms with Crippen molar-refractivity contribution in [2.75, 3.05) is 0 Å². The highest BCUT2D eigenvalue weighted by Crippen LogP contribution is 2.42. The van der Waals surface area contributed by atoms with Crippen molar-refractivity contribution in [2.24, 2.45) is 0 Å². The zero-order chi connectivity index (χ0) is 33.3. The topological polar surface area (TPSA) is 89.2 Å². The number of fused-ring (bicyclic) bond motifs is 3. The van der Waals surface area contributed by atoms with Crippen LogP contribution in [0.15, 0.2) is 152 Å². The Morgan fingerprint density at radius 3 is 1.47 bits per heavy atom. The lowest BCUT2D eigenvalue weighted by Crippen LogP contribution is -2.00. The van der Waals surface area contributed by atoms with Gasteiger partial charge in [-0.15, -0.1) is 0 Å². The largest absolute Gasteiger partial charge is 0.309 e. The Morgan fingerprint density at radius 1 is 0.408 bits per heavy atom. The molecule has 2 aromatic heterocycles. The predicted molar refractivity (Wildman–Crippen MR) is 194 cm³/mol. The molecule has 0 saturated carbocycles. The van der Waals surface area contributed by atoms with E-state index in [-0.39, 0.29) is 0 Å². The van der Waals surface area contributed by atoms with E-state index in [4.69, 9.17) is 0 Å². The number of pyridine rings is 1. The number of aromatic nitrogens is 2. The molecule has 8 aromatic rings. The molecule has 0 spiro atoms. The minimum Gasteiger partial charge on any atom is -0.309 e. The van der Waals surface area contributed by atoms with E-state index in [1.54, 1.807) is 12.4 Å². The smallest absolute Gasteiger partial charge is 0.0998 e. The summed E-state index contributed by atoms with van der Waals surface area (Å²) in [6.07, 6.45) is 3.48. The third-order valence-corrected chi connectivity index (χ3v) is 9.06. The Hall–Kier alpha value is -7.26. The molecule has 2 heterocycles. The van der Waals surface area contributed by atoms with Crippen molar-refractivity contribution in [3.05, 3.63) is 169 Å². The summed E-state index contributed by atoms with van der Waals surface area (Å²) in [5.41, 5.74) is 11.9. The molecular weight excluding hydrogens is 599 g/mol. The minimum absolute atomic E-state index is 0.570. The zero-order valence-corrected chi connectivity index (χ0v) is 26.2. The molecule has 0 saturated heterocycles. The van der Waals surface area contributed by atoms with Gasteiger partial charge < -0.3 is 4.57 Å². The van der Waals surface area contributed by atoms with Crippen LogP contribution in [-0.2, 0) is 0 Å². The highest BCUT2D eigenvalue weighted by atomic mass is 15.0. The Bertz CT molecular complexity index is 2570. The summed E-state index contributed by atoms with van der Waals surface area (Å²) in [5.74, 6) is 0. The third-order valence-electron chi connectivity index (χ3n) is 9.06. The Morgan fingerprint density at radius 2 is 0.918 bits per heavy atom. The lowest BCUT2D eigenvalue weighted by molar-refractivity contribution is 1.18. The van der Waals surface area contributed by atoms with Crippen LogP contribution in [0.3, 0.4) is 0 Å². The van der Waals surface area contributed by atoms with Crippen LogP contribution in [0.1, 0.15) is 16.7 Å². The second-order valence-electron chi connectivity index (χ2n) is 11.7. The van der Waals surface area contributed by atoms with Gasteiger partial charge in [0.15, 0.2) is 0 Å². The molecule has 0 aliphatic heterocycles. The van der Waals surface area contributed by atoms with Crippen molar-refractivity contribution in [3.8, 4) is 68.4 Å². The first-order chi connectivity index (χ1) is 24.2. The van der Waals surface area contributed by atoms with Gasteiger partial charge in [-0.1, -0.05) is 78.9 Å². The average molecular weight is 624 g/mol. The van der Waals surface area contributed by atoms with Crippen LogP contribution in [0.2, 0.25) is 0 Å². The molecule has 0 fully saturated rings. The SMILES string of the molecule is N#Cc1ccccc1-c1ccc2c(c1)c1cc(-c3ccccc3C#N)ccc1n2-c1cc(-c2ccncc2)c(C#N)cc1-c1ccccc1. The first kappa shape index (κ1) is 29.2. The van der Waals surface area contributed by atoms with Gasteiger partial charge in [-0.25, -0.2) is 0 Å². The van der Waals surface area contributed by atoms with Crippen molar-refractivity contribution in [1.82, 2.24) is 9.55 Å². The van der Waals surface area contributed by atoms with Gasteiger partial charge in [0.2, 0.25) is 0 Å². The van der Waals surface area contributed by atoms with Crippen molar-refractivity contribution in [3.63, 3.8) is 0 Å². The van der Waals surface area contributed by atoms with Crippen molar-refractivity contribution in [2.45, 2.75) is 0 Å². The molecule has 8 rings (SSSR count). The monoisotopic (exact) mass is 623 g/mol. The minimum atomic E-state index is 0.570. The van der Waals surface area contributed by atoms with E-state index in [1.807, 2.05) is 84.9 Å². The number of hydrogen-bond acceptors (Lipinski definition) is 4. The van der Waals surface area contributed by atoms with Crippen LogP contribution >= 0.6 is 0 Å². The van der Waals surface area contributed by atoms with E-state index in [2.05, 4.69) is 82.4 Å². The second-order valence-corrected chi connectivity index (χ2v) is 11.7. The van der Waals surface area contributed by atoms with Crippen LogP contribution in [0.4, 0.5) is 0 Å². The second kappa shape index (κ2) is 12.2. The fourth-order valence-corrected chi connectivity index (χ4v) is 6.77. The van der Waals surface area contributed by atoms with Gasteiger partial charge in [-0.3, -0.25) is 4.98 Å². The molecule has 49 heavy (non-hydrogen) atoms. The van der Waals surface area contributed by atoms with Crippen LogP contribution in [0.25, 0.3) is 72.0 Å². The highest BCUT2D eigenvalue weighted by Gasteiger charge is 2.21. The normalized spacial score (nSPS) is 10.8. The summed E-state index contributed by atoms with van der Waals surface area (Å²) >= 11 is 0. The van der Waals surface area contributed by atoms with Gasteiger partial charge in [0.25, 0.3) is 0 Å².